The Balaban J connectivity index is 1.70. The molecule has 0 aliphatic carbocycles. The Morgan fingerprint density at radius 2 is 2.11 bits per heavy atom. The molecule has 6 heteroatoms. The van der Waals surface area contributed by atoms with Gasteiger partial charge in [-0.05, 0) is 35.9 Å². The lowest BCUT2D eigenvalue weighted by atomic mass is 9.90. The standard InChI is InChI=1S/C21H16FN3O2/c1-2-10-27-17-8-6-14(7-9-17)18-12-19(26)24-21-20(18)23-13-25(21)16-5-3-4-15(22)11-16/h1,3-9,11,13,18H,10,12H2,(H,24,26)/t18-/m0/s1. The normalized spacial score (nSPS) is 15.6. The lowest BCUT2D eigenvalue weighted by molar-refractivity contribution is -0.116. The molecule has 0 spiro atoms. The van der Waals surface area contributed by atoms with E-state index in [4.69, 9.17) is 11.2 Å². The number of imidazole rings is 1. The summed E-state index contributed by atoms with van der Waals surface area (Å²) in [4.78, 5) is 16.8. The summed E-state index contributed by atoms with van der Waals surface area (Å²) in [6.45, 7) is 0.202. The number of anilines is 1. The maximum atomic E-state index is 13.6. The maximum Gasteiger partial charge on any atom is 0.226 e. The monoisotopic (exact) mass is 361 g/mol. The first-order chi connectivity index (χ1) is 13.2. The molecule has 1 aliphatic rings. The highest BCUT2D eigenvalue weighted by atomic mass is 19.1. The first kappa shape index (κ1) is 16.9. The zero-order valence-corrected chi connectivity index (χ0v) is 14.4. The quantitative estimate of drug-likeness (QED) is 0.724. The third-order valence-corrected chi connectivity index (χ3v) is 4.46. The van der Waals surface area contributed by atoms with Gasteiger partial charge in [-0.1, -0.05) is 24.1 Å². The lowest BCUT2D eigenvalue weighted by Gasteiger charge is -2.23. The van der Waals surface area contributed by atoms with E-state index < -0.39 is 0 Å². The number of nitrogens with zero attached hydrogens (tertiary/aromatic N) is 2. The minimum Gasteiger partial charge on any atom is -0.481 e. The van der Waals surface area contributed by atoms with Crippen LogP contribution in [0.2, 0.25) is 0 Å². The van der Waals surface area contributed by atoms with Crippen molar-refractivity contribution in [3.8, 4) is 23.8 Å². The number of terminal acetylenes is 1. The van der Waals surface area contributed by atoms with Crippen molar-refractivity contribution in [3.05, 3.63) is 71.9 Å². The van der Waals surface area contributed by atoms with Crippen molar-refractivity contribution >= 4 is 11.7 Å². The number of rotatable bonds is 4. The number of hydrogen-bond acceptors (Lipinski definition) is 3. The second-order valence-corrected chi connectivity index (χ2v) is 6.20. The molecule has 3 aromatic rings. The second kappa shape index (κ2) is 6.96. The van der Waals surface area contributed by atoms with Crippen molar-refractivity contribution in [3.63, 3.8) is 0 Å². The fraction of sp³-hybridized carbons (Fsp3) is 0.143. The Labute approximate surface area is 155 Å². The molecule has 5 nitrogen and oxygen atoms in total. The second-order valence-electron chi connectivity index (χ2n) is 6.20. The van der Waals surface area contributed by atoms with E-state index in [2.05, 4.69) is 16.2 Å². The molecular formula is C21H16FN3O2. The molecule has 4 rings (SSSR count). The van der Waals surface area contributed by atoms with Gasteiger partial charge in [-0.25, -0.2) is 9.37 Å². The van der Waals surface area contributed by atoms with Crippen LogP contribution >= 0.6 is 0 Å². The Kier molecular flexibility index (Phi) is 4.35. The average Bonchev–Trinajstić information content (AvgIpc) is 3.10. The molecule has 1 N–H and O–H groups in total. The number of aromatic nitrogens is 2. The van der Waals surface area contributed by atoms with Gasteiger partial charge in [-0.2, -0.15) is 0 Å². The van der Waals surface area contributed by atoms with Gasteiger partial charge in [0.15, 0.2) is 0 Å². The Bertz CT molecular complexity index is 1030. The van der Waals surface area contributed by atoms with E-state index in [-0.39, 0.29) is 30.7 Å². The minimum absolute atomic E-state index is 0.113. The predicted octanol–water partition coefficient (Wildman–Crippen LogP) is 3.50. The van der Waals surface area contributed by atoms with Gasteiger partial charge < -0.3 is 10.1 Å². The SMILES string of the molecule is C#CCOc1ccc([C@@H]2CC(=O)Nc3c2ncn3-c2cccc(F)c2)cc1. The van der Waals surface area contributed by atoms with Crippen LogP contribution in [0.5, 0.6) is 5.75 Å². The van der Waals surface area contributed by atoms with E-state index in [0.29, 0.717) is 17.3 Å². The lowest BCUT2D eigenvalue weighted by Crippen LogP contribution is -2.24. The zero-order chi connectivity index (χ0) is 18.8. The fourth-order valence-corrected chi connectivity index (χ4v) is 3.23. The van der Waals surface area contributed by atoms with Gasteiger partial charge in [0.25, 0.3) is 0 Å². The van der Waals surface area contributed by atoms with Gasteiger partial charge in [0.2, 0.25) is 5.91 Å². The van der Waals surface area contributed by atoms with Crippen LogP contribution in [0.1, 0.15) is 23.6 Å². The van der Waals surface area contributed by atoms with Crippen LogP contribution in [0, 0.1) is 18.2 Å². The minimum atomic E-state index is -0.351. The molecule has 134 valence electrons. The van der Waals surface area contributed by atoms with Gasteiger partial charge in [-0.3, -0.25) is 9.36 Å². The largest absolute Gasteiger partial charge is 0.481 e. The summed E-state index contributed by atoms with van der Waals surface area (Å²) in [6, 6.07) is 13.6. The van der Waals surface area contributed by atoms with E-state index >= 15 is 0 Å². The molecule has 0 saturated carbocycles. The van der Waals surface area contributed by atoms with Crippen molar-refractivity contribution in [2.75, 3.05) is 11.9 Å². The molecular weight excluding hydrogens is 345 g/mol. The van der Waals surface area contributed by atoms with Gasteiger partial charge in [0, 0.05) is 12.3 Å². The van der Waals surface area contributed by atoms with E-state index in [1.165, 1.54) is 12.1 Å². The number of amides is 1. The topological polar surface area (TPSA) is 56.1 Å². The summed E-state index contributed by atoms with van der Waals surface area (Å²) in [5.74, 6) is 3.00. The molecule has 1 aromatic heterocycles. The summed E-state index contributed by atoms with van der Waals surface area (Å²) in [5.41, 5.74) is 2.29. The van der Waals surface area contributed by atoms with Crippen LogP contribution in [0.25, 0.3) is 5.69 Å². The Morgan fingerprint density at radius 1 is 1.30 bits per heavy atom. The number of carbonyl (C=O) groups is 1. The molecule has 1 aliphatic heterocycles. The van der Waals surface area contributed by atoms with Gasteiger partial charge in [0.05, 0.1) is 11.4 Å². The average molecular weight is 361 g/mol. The summed E-state index contributed by atoms with van der Waals surface area (Å²) in [7, 11) is 0. The number of nitrogens with one attached hydrogen (secondary N) is 1. The number of fused-ring (bicyclic) bond motifs is 1. The summed E-state index contributed by atoms with van der Waals surface area (Å²) in [6.07, 6.45) is 7.09. The molecule has 0 unspecified atom stereocenters. The van der Waals surface area contributed by atoms with Crippen LogP contribution in [0.4, 0.5) is 10.2 Å². The third-order valence-electron chi connectivity index (χ3n) is 4.46. The summed E-state index contributed by atoms with van der Waals surface area (Å²) < 4.78 is 20.7. The van der Waals surface area contributed by atoms with Gasteiger partial charge in [0.1, 0.15) is 30.3 Å². The predicted molar refractivity (Wildman–Crippen MR) is 99.4 cm³/mol. The molecule has 2 heterocycles. The van der Waals surface area contributed by atoms with Crippen LogP contribution in [0.3, 0.4) is 0 Å². The molecule has 2 aromatic carbocycles. The number of carbonyl (C=O) groups excluding carboxylic acids is 1. The fourth-order valence-electron chi connectivity index (χ4n) is 3.23. The number of halogens is 1. The van der Waals surface area contributed by atoms with Crippen molar-refractivity contribution in [2.45, 2.75) is 12.3 Å². The molecule has 1 amide bonds. The highest BCUT2D eigenvalue weighted by Crippen LogP contribution is 2.37. The van der Waals surface area contributed by atoms with Crippen molar-refractivity contribution < 1.29 is 13.9 Å². The first-order valence-corrected chi connectivity index (χ1v) is 8.45. The molecule has 0 fully saturated rings. The Hall–Kier alpha value is -3.59. The van der Waals surface area contributed by atoms with Crippen LogP contribution in [0.15, 0.2) is 54.9 Å². The summed E-state index contributed by atoms with van der Waals surface area (Å²) in [5, 5.41) is 2.86. The molecule has 0 radical (unpaired) electrons. The third kappa shape index (κ3) is 3.27. The molecule has 1 atom stereocenters. The highest BCUT2D eigenvalue weighted by Gasteiger charge is 2.31. The number of benzene rings is 2. The van der Waals surface area contributed by atoms with Crippen molar-refractivity contribution in [2.24, 2.45) is 0 Å². The van der Waals surface area contributed by atoms with Crippen LogP contribution in [-0.2, 0) is 4.79 Å². The smallest absolute Gasteiger partial charge is 0.226 e. The van der Waals surface area contributed by atoms with E-state index in [1.807, 2.05) is 24.3 Å². The van der Waals surface area contributed by atoms with E-state index in [0.717, 1.165) is 11.3 Å². The molecule has 27 heavy (non-hydrogen) atoms. The number of ether oxygens (including phenoxy) is 1. The molecule has 0 saturated heterocycles. The number of hydrogen-bond donors (Lipinski definition) is 1. The zero-order valence-electron chi connectivity index (χ0n) is 14.4. The van der Waals surface area contributed by atoms with E-state index in [9.17, 15) is 9.18 Å². The van der Waals surface area contributed by atoms with Crippen LogP contribution < -0.4 is 10.1 Å². The summed E-state index contributed by atoms with van der Waals surface area (Å²) >= 11 is 0. The highest BCUT2D eigenvalue weighted by molar-refractivity contribution is 5.94. The maximum absolute atomic E-state index is 13.6. The Morgan fingerprint density at radius 3 is 2.85 bits per heavy atom. The van der Waals surface area contributed by atoms with Crippen LogP contribution in [-0.4, -0.2) is 22.1 Å². The van der Waals surface area contributed by atoms with Crippen molar-refractivity contribution in [1.29, 1.82) is 0 Å². The van der Waals surface area contributed by atoms with E-state index in [1.54, 1.807) is 23.0 Å². The molecule has 0 bridgehead atoms. The van der Waals surface area contributed by atoms with Crippen molar-refractivity contribution in [1.82, 2.24) is 9.55 Å². The van der Waals surface area contributed by atoms with Gasteiger partial charge >= 0.3 is 0 Å². The van der Waals surface area contributed by atoms with Gasteiger partial charge in [-0.15, -0.1) is 6.42 Å². The first-order valence-electron chi connectivity index (χ1n) is 8.45.